The normalized spacial score (nSPS) is 11.0. The first-order valence-corrected chi connectivity index (χ1v) is 6.56. The molecule has 0 fully saturated rings. The lowest BCUT2D eigenvalue weighted by Crippen LogP contribution is -2.32. The van der Waals surface area contributed by atoms with E-state index in [1.807, 2.05) is 0 Å². The Morgan fingerprint density at radius 2 is 1.95 bits per heavy atom. The maximum atomic E-state index is 12.1. The summed E-state index contributed by atoms with van der Waals surface area (Å²) >= 11 is 5.77. The van der Waals surface area contributed by atoms with Crippen LogP contribution in [0.4, 0.5) is 5.69 Å². The van der Waals surface area contributed by atoms with Crippen LogP contribution in [0.3, 0.4) is 0 Å². The molecule has 0 aliphatic heterocycles. The van der Waals surface area contributed by atoms with Gasteiger partial charge in [0.1, 0.15) is 0 Å². The number of benzene rings is 1. The third kappa shape index (κ3) is 3.47. The zero-order valence-corrected chi connectivity index (χ0v) is 12.4. The number of hydrogen-bond acceptors (Lipinski definition) is 2. The minimum absolute atomic E-state index is 0.167. The van der Waals surface area contributed by atoms with Crippen LogP contribution >= 0.6 is 11.6 Å². The van der Waals surface area contributed by atoms with Gasteiger partial charge in [-0.05, 0) is 38.5 Å². The maximum Gasteiger partial charge on any atom is 0.251 e. The van der Waals surface area contributed by atoms with Crippen molar-refractivity contribution in [2.24, 2.45) is 5.41 Å². The number of anilines is 1. The fraction of sp³-hybridized carbons (Fsp3) is 0.429. The van der Waals surface area contributed by atoms with Crippen LogP contribution in [0.25, 0.3) is 0 Å². The lowest BCUT2D eigenvalue weighted by Gasteiger charge is -2.21. The van der Waals surface area contributed by atoms with Crippen LogP contribution in [0.5, 0.6) is 0 Å². The van der Waals surface area contributed by atoms with E-state index in [0.29, 0.717) is 11.3 Å². The van der Waals surface area contributed by atoms with E-state index in [0.717, 1.165) is 5.56 Å². The third-order valence-electron chi connectivity index (χ3n) is 3.00. The summed E-state index contributed by atoms with van der Waals surface area (Å²) in [6.45, 7) is 5.34. The number of carbonyl (C=O) groups excluding carboxylic acids is 2. The van der Waals surface area contributed by atoms with E-state index in [4.69, 9.17) is 11.6 Å². The first-order valence-electron chi connectivity index (χ1n) is 6.02. The molecule has 0 heterocycles. The van der Waals surface area contributed by atoms with Crippen LogP contribution < -0.4 is 10.6 Å². The zero-order chi connectivity index (χ0) is 14.6. The number of amides is 2. The van der Waals surface area contributed by atoms with E-state index in [1.54, 1.807) is 46.0 Å². The second-order valence-corrected chi connectivity index (χ2v) is 5.30. The van der Waals surface area contributed by atoms with Gasteiger partial charge in [-0.15, -0.1) is 11.6 Å². The van der Waals surface area contributed by atoms with Crippen molar-refractivity contribution in [3.8, 4) is 0 Å². The molecule has 0 spiro atoms. The Labute approximate surface area is 118 Å². The van der Waals surface area contributed by atoms with Crippen LogP contribution in [0.1, 0.15) is 29.8 Å². The van der Waals surface area contributed by atoms with Crippen molar-refractivity contribution in [3.63, 3.8) is 0 Å². The van der Waals surface area contributed by atoms with Gasteiger partial charge in [-0.1, -0.05) is 6.07 Å². The Morgan fingerprint density at radius 3 is 2.47 bits per heavy atom. The van der Waals surface area contributed by atoms with Crippen molar-refractivity contribution in [2.75, 3.05) is 18.2 Å². The van der Waals surface area contributed by atoms with Gasteiger partial charge in [0.25, 0.3) is 5.91 Å². The Morgan fingerprint density at radius 1 is 1.32 bits per heavy atom. The Balaban J connectivity index is 3.04. The average Bonchev–Trinajstić information content (AvgIpc) is 2.40. The number of nitrogens with one attached hydrogen (secondary N) is 2. The highest BCUT2D eigenvalue weighted by atomic mass is 35.5. The molecule has 0 atom stereocenters. The van der Waals surface area contributed by atoms with Gasteiger partial charge < -0.3 is 10.6 Å². The molecule has 104 valence electrons. The van der Waals surface area contributed by atoms with E-state index in [1.165, 1.54) is 0 Å². The van der Waals surface area contributed by atoms with Crippen LogP contribution in [-0.2, 0) is 4.79 Å². The highest BCUT2D eigenvalue weighted by molar-refractivity contribution is 6.20. The van der Waals surface area contributed by atoms with Crippen molar-refractivity contribution in [1.29, 1.82) is 0 Å². The fourth-order valence-corrected chi connectivity index (χ4v) is 1.63. The van der Waals surface area contributed by atoms with Crippen molar-refractivity contribution in [3.05, 3.63) is 29.3 Å². The molecule has 1 aromatic rings. The van der Waals surface area contributed by atoms with E-state index >= 15 is 0 Å². The van der Waals surface area contributed by atoms with Gasteiger partial charge in [-0.25, -0.2) is 0 Å². The summed E-state index contributed by atoms with van der Waals surface area (Å²) in [4.78, 5) is 23.8. The molecule has 0 saturated heterocycles. The largest absolute Gasteiger partial charge is 0.355 e. The number of alkyl halides is 1. The summed E-state index contributed by atoms with van der Waals surface area (Å²) in [5.41, 5.74) is 1.26. The summed E-state index contributed by atoms with van der Waals surface area (Å²) in [5.74, 6) is -0.114. The van der Waals surface area contributed by atoms with Crippen LogP contribution in [0.15, 0.2) is 18.2 Å². The van der Waals surface area contributed by atoms with Crippen LogP contribution in [0, 0.1) is 12.3 Å². The molecule has 1 aromatic carbocycles. The molecule has 2 amide bonds. The van der Waals surface area contributed by atoms with Crippen molar-refractivity contribution < 1.29 is 9.59 Å². The first kappa shape index (κ1) is 15.5. The van der Waals surface area contributed by atoms with Gasteiger partial charge in [0, 0.05) is 24.2 Å². The molecule has 19 heavy (non-hydrogen) atoms. The lowest BCUT2D eigenvalue weighted by atomic mass is 9.94. The summed E-state index contributed by atoms with van der Waals surface area (Å²) < 4.78 is 0. The van der Waals surface area contributed by atoms with E-state index in [-0.39, 0.29) is 17.7 Å². The highest BCUT2D eigenvalue weighted by Gasteiger charge is 2.27. The Kier molecular flexibility index (Phi) is 4.95. The lowest BCUT2D eigenvalue weighted by molar-refractivity contribution is -0.122. The molecular weight excluding hydrogens is 264 g/mol. The molecule has 2 N–H and O–H groups in total. The SMILES string of the molecule is CNC(=O)c1cccc(NC(=O)C(C)(C)CCl)c1C. The molecule has 0 aliphatic carbocycles. The van der Waals surface area contributed by atoms with E-state index in [9.17, 15) is 9.59 Å². The summed E-state index contributed by atoms with van der Waals surface area (Å²) in [6.07, 6.45) is 0. The minimum Gasteiger partial charge on any atom is -0.355 e. The van der Waals surface area contributed by atoms with Crippen LogP contribution in [-0.4, -0.2) is 24.7 Å². The predicted molar refractivity (Wildman–Crippen MR) is 77.7 cm³/mol. The molecular formula is C14H19ClN2O2. The molecule has 0 saturated carbocycles. The molecule has 0 aromatic heterocycles. The smallest absolute Gasteiger partial charge is 0.251 e. The molecule has 0 aliphatic rings. The number of halogens is 1. The van der Waals surface area contributed by atoms with Gasteiger partial charge in [0.15, 0.2) is 0 Å². The minimum atomic E-state index is -0.656. The number of carbonyl (C=O) groups is 2. The van der Waals surface area contributed by atoms with Crippen LogP contribution in [0.2, 0.25) is 0 Å². The van der Waals surface area contributed by atoms with Gasteiger partial charge in [-0.2, -0.15) is 0 Å². The molecule has 1 rings (SSSR count). The molecule has 0 radical (unpaired) electrons. The topological polar surface area (TPSA) is 58.2 Å². The Bertz CT molecular complexity index is 498. The standard InChI is InChI=1S/C14H19ClN2O2/c1-9-10(12(18)16-4)6-5-7-11(9)17-13(19)14(2,3)8-15/h5-7H,8H2,1-4H3,(H,16,18)(H,17,19). The van der Waals surface area contributed by atoms with E-state index in [2.05, 4.69) is 10.6 Å². The fourth-order valence-electron chi connectivity index (χ4n) is 1.50. The molecule has 0 unspecified atom stereocenters. The summed E-state index contributed by atoms with van der Waals surface area (Å²) in [7, 11) is 1.57. The zero-order valence-electron chi connectivity index (χ0n) is 11.6. The second kappa shape index (κ2) is 6.06. The summed E-state index contributed by atoms with van der Waals surface area (Å²) in [5, 5.41) is 5.39. The summed E-state index contributed by atoms with van der Waals surface area (Å²) in [6, 6.07) is 5.22. The predicted octanol–water partition coefficient (Wildman–Crippen LogP) is 2.56. The van der Waals surface area contributed by atoms with Gasteiger partial charge >= 0.3 is 0 Å². The van der Waals surface area contributed by atoms with Gasteiger partial charge in [0.2, 0.25) is 5.91 Å². The van der Waals surface area contributed by atoms with Crippen molar-refractivity contribution in [1.82, 2.24) is 5.32 Å². The average molecular weight is 283 g/mol. The molecule has 0 bridgehead atoms. The monoisotopic (exact) mass is 282 g/mol. The Hall–Kier alpha value is -1.55. The highest BCUT2D eigenvalue weighted by Crippen LogP contribution is 2.23. The van der Waals surface area contributed by atoms with Gasteiger partial charge in [0.05, 0.1) is 5.41 Å². The number of rotatable bonds is 4. The quantitative estimate of drug-likeness (QED) is 0.834. The number of hydrogen-bond donors (Lipinski definition) is 2. The van der Waals surface area contributed by atoms with Gasteiger partial charge in [-0.3, -0.25) is 9.59 Å². The van der Waals surface area contributed by atoms with E-state index < -0.39 is 5.41 Å². The third-order valence-corrected chi connectivity index (χ3v) is 3.67. The molecule has 4 nitrogen and oxygen atoms in total. The second-order valence-electron chi connectivity index (χ2n) is 5.03. The molecule has 5 heteroatoms. The maximum absolute atomic E-state index is 12.1. The first-order chi connectivity index (χ1) is 8.83. The van der Waals surface area contributed by atoms with Crippen molar-refractivity contribution in [2.45, 2.75) is 20.8 Å². The van der Waals surface area contributed by atoms with Crippen molar-refractivity contribution >= 4 is 29.1 Å².